The molecule has 10 aliphatic rings. The first kappa shape index (κ1) is 31.8. The molecule has 8 saturated heterocycles. The standard InChI is InChI=1S/C34H55NO10/c1-19-7-9-25-21(3)27(38-29-33(25)23(19)11-13-31(5,40-29)42-44-33)36-17-15-35-16-18-37-28-22(4)26-10-8-20(2)24-12-14-32(6)41-30(39-28)34(24,26)45-43-32/h19-30,35H,7-18H2,1-6H3/t19-,20-,21-,22-,23+,24+,25+,26+,27+,28+,29-,30-,31+,32+,33-,34-/m1/s1. The Morgan fingerprint density at radius 1 is 0.578 bits per heavy atom. The molecular formula is C34H55NO10. The molecule has 45 heavy (non-hydrogen) atoms. The zero-order valence-electron chi connectivity index (χ0n) is 28.0. The van der Waals surface area contributed by atoms with E-state index in [-0.39, 0.29) is 36.3 Å². The molecule has 11 nitrogen and oxygen atoms in total. The summed E-state index contributed by atoms with van der Waals surface area (Å²) in [5, 5.41) is 3.48. The molecule has 4 bridgehead atoms. The van der Waals surface area contributed by atoms with Crippen molar-refractivity contribution in [2.45, 2.75) is 141 Å². The second-order valence-corrected chi connectivity index (χ2v) is 16.0. The second kappa shape index (κ2) is 11.6. The fourth-order valence-electron chi connectivity index (χ4n) is 10.7. The van der Waals surface area contributed by atoms with Crippen LogP contribution in [0.5, 0.6) is 0 Å². The summed E-state index contributed by atoms with van der Waals surface area (Å²) in [6, 6.07) is 0. The Morgan fingerprint density at radius 3 is 1.47 bits per heavy atom. The predicted molar refractivity (Wildman–Crippen MR) is 158 cm³/mol. The number of rotatable bonds is 8. The molecule has 0 aromatic rings. The molecule has 1 N–H and O–H groups in total. The first-order valence-electron chi connectivity index (χ1n) is 17.9. The third-order valence-electron chi connectivity index (χ3n) is 13.3. The van der Waals surface area contributed by atoms with E-state index in [1.807, 2.05) is 13.8 Å². The Balaban J connectivity index is 0.827. The van der Waals surface area contributed by atoms with Crippen molar-refractivity contribution in [3.8, 4) is 0 Å². The van der Waals surface area contributed by atoms with E-state index in [0.29, 0.717) is 50.0 Å². The van der Waals surface area contributed by atoms with E-state index in [9.17, 15) is 0 Å². The Hall–Kier alpha value is -0.440. The Bertz CT molecular complexity index is 1020. The van der Waals surface area contributed by atoms with Gasteiger partial charge in [0.2, 0.25) is 11.6 Å². The smallest absolute Gasteiger partial charge is 0.201 e. The lowest BCUT2D eigenvalue weighted by Crippen LogP contribution is -2.70. The van der Waals surface area contributed by atoms with Crippen molar-refractivity contribution < 1.29 is 48.0 Å². The fourth-order valence-corrected chi connectivity index (χ4v) is 10.7. The summed E-state index contributed by atoms with van der Waals surface area (Å²) in [4.78, 5) is 24.4. The lowest BCUT2D eigenvalue weighted by Gasteiger charge is -2.60. The summed E-state index contributed by atoms with van der Waals surface area (Å²) in [5.74, 6) is 1.11. The van der Waals surface area contributed by atoms with Crippen molar-refractivity contribution >= 4 is 0 Å². The molecule has 2 aliphatic carbocycles. The fraction of sp³-hybridized carbons (Fsp3) is 1.00. The van der Waals surface area contributed by atoms with Crippen molar-refractivity contribution in [3.63, 3.8) is 0 Å². The molecule has 0 aromatic heterocycles. The second-order valence-electron chi connectivity index (χ2n) is 16.0. The van der Waals surface area contributed by atoms with E-state index in [0.717, 1.165) is 38.5 Å². The average Bonchev–Trinajstić information content (AvgIpc) is 3.39. The lowest BCUT2D eigenvalue weighted by molar-refractivity contribution is -0.577. The molecule has 0 unspecified atom stereocenters. The summed E-state index contributed by atoms with van der Waals surface area (Å²) in [5.41, 5.74) is -1.12. The highest BCUT2D eigenvalue weighted by Gasteiger charge is 2.71. The third-order valence-corrected chi connectivity index (χ3v) is 13.3. The van der Waals surface area contributed by atoms with E-state index >= 15 is 0 Å². The van der Waals surface area contributed by atoms with Crippen LogP contribution in [0.1, 0.15) is 92.9 Å². The first-order valence-corrected chi connectivity index (χ1v) is 17.9. The minimum absolute atomic E-state index is 0.169. The van der Waals surface area contributed by atoms with E-state index in [1.165, 1.54) is 12.8 Å². The first-order chi connectivity index (χ1) is 21.6. The van der Waals surface area contributed by atoms with Crippen LogP contribution in [0.4, 0.5) is 0 Å². The number of fused-ring (bicyclic) bond motifs is 4. The SMILES string of the molecule is C[C@H]1[C@@H](OCCNCCO[C@H]2O[C@@H]3O[C@]4(C)CC[C@H]5[C@H](C)CC[C@@H]([C@H]2C)[C@@]35OO4)O[C@@H]2O[C@]3(C)CC[C@H]4[C@H](C)CC[C@@H]1[C@@]24OO3. The third kappa shape index (κ3) is 4.93. The van der Waals surface area contributed by atoms with Gasteiger partial charge in [0, 0.05) is 49.6 Å². The Labute approximate surface area is 267 Å². The van der Waals surface area contributed by atoms with Crippen LogP contribution >= 0.6 is 0 Å². The molecule has 8 heterocycles. The van der Waals surface area contributed by atoms with Crippen molar-refractivity contribution in [2.24, 2.45) is 47.3 Å². The minimum atomic E-state index is -0.776. The summed E-state index contributed by atoms with van der Waals surface area (Å²) >= 11 is 0. The molecule has 8 aliphatic heterocycles. The number of ether oxygens (including phenoxy) is 6. The van der Waals surface area contributed by atoms with Gasteiger partial charge >= 0.3 is 0 Å². The molecule has 2 spiro atoms. The van der Waals surface area contributed by atoms with Crippen LogP contribution in [0.15, 0.2) is 0 Å². The van der Waals surface area contributed by atoms with Gasteiger partial charge in [-0.1, -0.05) is 27.7 Å². The molecule has 2 saturated carbocycles. The van der Waals surface area contributed by atoms with Crippen LogP contribution in [0.2, 0.25) is 0 Å². The molecule has 0 aromatic carbocycles. The van der Waals surface area contributed by atoms with Gasteiger partial charge in [0.15, 0.2) is 36.4 Å². The van der Waals surface area contributed by atoms with Crippen LogP contribution in [-0.2, 0) is 48.0 Å². The maximum Gasteiger partial charge on any atom is 0.201 e. The van der Waals surface area contributed by atoms with Gasteiger partial charge in [0.05, 0.1) is 13.2 Å². The Morgan fingerprint density at radius 2 is 1.02 bits per heavy atom. The van der Waals surface area contributed by atoms with Crippen molar-refractivity contribution in [1.29, 1.82) is 0 Å². The van der Waals surface area contributed by atoms with Crippen LogP contribution in [0, 0.1) is 47.3 Å². The van der Waals surface area contributed by atoms with Gasteiger partial charge in [-0.2, -0.15) is 0 Å². The van der Waals surface area contributed by atoms with E-state index in [1.54, 1.807) is 0 Å². The van der Waals surface area contributed by atoms with E-state index < -0.39 is 35.4 Å². The summed E-state index contributed by atoms with van der Waals surface area (Å²) in [7, 11) is 0. The van der Waals surface area contributed by atoms with Gasteiger partial charge in [-0.25, -0.2) is 19.6 Å². The molecule has 11 heteroatoms. The highest BCUT2D eigenvalue weighted by molar-refractivity contribution is 5.10. The highest BCUT2D eigenvalue weighted by atomic mass is 17.3. The normalized spacial score (nSPS) is 56.7. The zero-order chi connectivity index (χ0) is 31.2. The Kier molecular flexibility index (Phi) is 8.18. The monoisotopic (exact) mass is 637 g/mol. The van der Waals surface area contributed by atoms with Gasteiger partial charge in [-0.3, -0.25) is 0 Å². The van der Waals surface area contributed by atoms with E-state index in [4.69, 9.17) is 48.0 Å². The van der Waals surface area contributed by atoms with Crippen molar-refractivity contribution in [1.82, 2.24) is 5.32 Å². The minimum Gasteiger partial charge on any atom is -0.351 e. The van der Waals surface area contributed by atoms with Crippen LogP contribution in [-0.4, -0.2) is 74.2 Å². The topological polar surface area (TPSA) is 104 Å². The van der Waals surface area contributed by atoms with Crippen molar-refractivity contribution in [2.75, 3.05) is 26.3 Å². The lowest BCUT2D eigenvalue weighted by atomic mass is 9.58. The van der Waals surface area contributed by atoms with Crippen LogP contribution < -0.4 is 5.32 Å². The van der Waals surface area contributed by atoms with Crippen LogP contribution in [0.3, 0.4) is 0 Å². The predicted octanol–water partition coefficient (Wildman–Crippen LogP) is 5.03. The van der Waals surface area contributed by atoms with Gasteiger partial charge in [0.25, 0.3) is 0 Å². The van der Waals surface area contributed by atoms with Crippen molar-refractivity contribution in [3.05, 3.63) is 0 Å². The quantitative estimate of drug-likeness (QED) is 0.287. The van der Waals surface area contributed by atoms with Crippen LogP contribution in [0.25, 0.3) is 0 Å². The summed E-state index contributed by atoms with van der Waals surface area (Å²) < 4.78 is 38.7. The highest BCUT2D eigenvalue weighted by Crippen LogP contribution is 2.62. The van der Waals surface area contributed by atoms with Gasteiger partial charge in [0.1, 0.15) is 0 Å². The maximum atomic E-state index is 6.55. The van der Waals surface area contributed by atoms with E-state index in [2.05, 4.69) is 33.0 Å². The number of hydrogen-bond donors (Lipinski definition) is 1. The molecule has 10 rings (SSSR count). The largest absolute Gasteiger partial charge is 0.351 e. The summed E-state index contributed by atoms with van der Waals surface area (Å²) in [6.45, 7) is 15.5. The molecule has 0 amide bonds. The zero-order valence-corrected chi connectivity index (χ0v) is 28.0. The molecular weight excluding hydrogens is 582 g/mol. The summed E-state index contributed by atoms with van der Waals surface area (Å²) in [6.07, 6.45) is 6.50. The molecule has 0 radical (unpaired) electrons. The van der Waals surface area contributed by atoms with Gasteiger partial charge in [-0.05, 0) is 76.0 Å². The van der Waals surface area contributed by atoms with Gasteiger partial charge in [-0.15, -0.1) is 0 Å². The number of hydrogen-bond acceptors (Lipinski definition) is 11. The number of nitrogens with one attached hydrogen (secondary N) is 1. The molecule has 256 valence electrons. The maximum absolute atomic E-state index is 6.55. The molecule has 16 atom stereocenters. The molecule has 10 fully saturated rings. The van der Waals surface area contributed by atoms with Gasteiger partial charge < -0.3 is 33.7 Å². The average molecular weight is 638 g/mol.